The van der Waals surface area contributed by atoms with Gasteiger partial charge in [-0.3, -0.25) is 0 Å². The van der Waals surface area contributed by atoms with Gasteiger partial charge < -0.3 is 15.3 Å². The van der Waals surface area contributed by atoms with Gasteiger partial charge >= 0.3 is 6.03 Å². The first-order valence-corrected chi connectivity index (χ1v) is 8.64. The molecule has 0 radical (unpaired) electrons. The number of piperidine rings is 1. The van der Waals surface area contributed by atoms with Gasteiger partial charge in [0.2, 0.25) is 10.0 Å². The number of hydrogen-bond donors (Lipinski definition) is 3. The van der Waals surface area contributed by atoms with Crippen LogP contribution in [0.4, 0.5) is 4.79 Å². The summed E-state index contributed by atoms with van der Waals surface area (Å²) in [5, 5.41) is 12.3. The largest absolute Gasteiger partial charge is 0.391 e. The van der Waals surface area contributed by atoms with E-state index in [9.17, 15) is 18.3 Å². The molecule has 0 aromatic heterocycles. The highest BCUT2D eigenvalue weighted by Crippen LogP contribution is 2.15. The summed E-state index contributed by atoms with van der Waals surface area (Å²) >= 11 is 0. The molecule has 2 amide bonds. The van der Waals surface area contributed by atoms with Gasteiger partial charge in [0.1, 0.15) is 0 Å². The van der Waals surface area contributed by atoms with Crippen LogP contribution in [0.1, 0.15) is 18.4 Å². The van der Waals surface area contributed by atoms with Crippen molar-refractivity contribution in [2.75, 3.05) is 20.1 Å². The van der Waals surface area contributed by atoms with Gasteiger partial charge in [-0.15, -0.1) is 0 Å². The number of likely N-dealkylation sites (tertiary alicyclic amines) is 1. The van der Waals surface area contributed by atoms with Crippen molar-refractivity contribution in [1.82, 2.24) is 14.9 Å². The van der Waals surface area contributed by atoms with Crippen LogP contribution >= 0.6 is 0 Å². The molecule has 2 rings (SSSR count). The van der Waals surface area contributed by atoms with Crippen LogP contribution in [0.25, 0.3) is 0 Å². The molecule has 1 aliphatic rings. The number of carbonyl (C=O) groups is 1. The van der Waals surface area contributed by atoms with Gasteiger partial charge in [-0.25, -0.2) is 17.9 Å². The third-order valence-corrected chi connectivity index (χ3v) is 5.16. The molecule has 7 nitrogen and oxygen atoms in total. The quantitative estimate of drug-likeness (QED) is 0.739. The molecule has 1 fully saturated rings. The normalized spacial score (nSPS) is 19.0. The van der Waals surface area contributed by atoms with E-state index in [-0.39, 0.29) is 17.5 Å². The maximum Gasteiger partial charge on any atom is 0.317 e. The zero-order valence-electron chi connectivity index (χ0n) is 12.4. The van der Waals surface area contributed by atoms with Crippen LogP contribution in [0.15, 0.2) is 29.2 Å². The monoisotopic (exact) mass is 327 g/mol. The summed E-state index contributed by atoms with van der Waals surface area (Å²) < 4.78 is 26.2. The molecule has 0 unspecified atom stereocenters. The van der Waals surface area contributed by atoms with E-state index in [0.717, 1.165) is 6.42 Å². The highest BCUT2D eigenvalue weighted by molar-refractivity contribution is 7.89. The third kappa shape index (κ3) is 3.96. The lowest BCUT2D eigenvalue weighted by Gasteiger charge is -2.30. The number of nitrogens with zero attached hydrogens (tertiary/aromatic N) is 1. The number of aliphatic hydroxyl groups is 1. The molecule has 1 heterocycles. The Morgan fingerprint density at radius 2 is 2.14 bits per heavy atom. The van der Waals surface area contributed by atoms with Crippen LogP contribution in [0.3, 0.4) is 0 Å². The standard InChI is InChI=1S/C14H21N3O4S/c1-15-22(20,21)13-7-3-2-5-11(13)9-16-14(19)17-8-4-6-12(18)10-17/h2-3,5,7,12,15,18H,4,6,8-10H2,1H3,(H,16,19)/t12-/m1/s1. The zero-order valence-corrected chi connectivity index (χ0v) is 13.3. The van der Waals surface area contributed by atoms with E-state index in [1.807, 2.05) is 0 Å². The summed E-state index contributed by atoms with van der Waals surface area (Å²) in [6.07, 6.45) is 0.975. The van der Waals surface area contributed by atoms with E-state index in [2.05, 4.69) is 10.0 Å². The highest BCUT2D eigenvalue weighted by atomic mass is 32.2. The van der Waals surface area contributed by atoms with Crippen molar-refractivity contribution in [3.8, 4) is 0 Å². The second kappa shape index (κ2) is 7.08. The average Bonchev–Trinajstić information content (AvgIpc) is 2.52. The Kier molecular flexibility index (Phi) is 5.38. The molecule has 1 aromatic rings. The van der Waals surface area contributed by atoms with Crippen molar-refractivity contribution in [3.63, 3.8) is 0 Å². The van der Waals surface area contributed by atoms with Gasteiger partial charge in [-0.1, -0.05) is 18.2 Å². The predicted octanol–water partition coefficient (Wildman–Crippen LogP) is 0.261. The molecule has 1 aromatic carbocycles. The number of urea groups is 1. The molecule has 0 spiro atoms. The molecule has 1 saturated heterocycles. The maximum atomic E-state index is 12.1. The Labute approximate surface area is 130 Å². The first-order chi connectivity index (χ1) is 10.4. The number of amides is 2. The lowest BCUT2D eigenvalue weighted by atomic mass is 10.1. The summed E-state index contributed by atoms with van der Waals surface area (Å²) in [6, 6.07) is 6.22. The van der Waals surface area contributed by atoms with E-state index in [1.54, 1.807) is 23.1 Å². The summed E-state index contributed by atoms with van der Waals surface area (Å²) in [5.41, 5.74) is 0.516. The molecular formula is C14H21N3O4S. The van der Waals surface area contributed by atoms with Crippen LogP contribution in [0.5, 0.6) is 0 Å². The van der Waals surface area contributed by atoms with Crippen molar-refractivity contribution in [3.05, 3.63) is 29.8 Å². The van der Waals surface area contributed by atoms with Gasteiger partial charge in [0.25, 0.3) is 0 Å². The first kappa shape index (κ1) is 16.7. The lowest BCUT2D eigenvalue weighted by Crippen LogP contribution is -2.46. The molecule has 0 bridgehead atoms. The van der Waals surface area contributed by atoms with Crippen molar-refractivity contribution in [1.29, 1.82) is 0 Å². The van der Waals surface area contributed by atoms with Gasteiger partial charge in [0, 0.05) is 19.6 Å². The fraction of sp³-hybridized carbons (Fsp3) is 0.500. The molecule has 0 saturated carbocycles. The van der Waals surface area contributed by atoms with Gasteiger partial charge in [-0.2, -0.15) is 0 Å². The Morgan fingerprint density at radius 1 is 1.41 bits per heavy atom. The molecule has 122 valence electrons. The summed E-state index contributed by atoms with van der Waals surface area (Å²) in [5.74, 6) is 0. The zero-order chi connectivity index (χ0) is 16.2. The van der Waals surface area contributed by atoms with Crippen LogP contribution in [-0.2, 0) is 16.6 Å². The first-order valence-electron chi connectivity index (χ1n) is 7.16. The second-order valence-electron chi connectivity index (χ2n) is 5.22. The molecule has 22 heavy (non-hydrogen) atoms. The summed E-state index contributed by atoms with van der Waals surface area (Å²) in [4.78, 5) is 13.8. The Morgan fingerprint density at radius 3 is 2.82 bits per heavy atom. The minimum Gasteiger partial charge on any atom is -0.391 e. The van der Waals surface area contributed by atoms with Gasteiger partial charge in [0.15, 0.2) is 0 Å². The third-order valence-electron chi connectivity index (χ3n) is 3.64. The smallest absolute Gasteiger partial charge is 0.317 e. The number of nitrogens with one attached hydrogen (secondary N) is 2. The van der Waals surface area contributed by atoms with Crippen LogP contribution in [-0.4, -0.2) is 50.7 Å². The topological polar surface area (TPSA) is 98.7 Å². The molecule has 0 aliphatic carbocycles. The number of sulfonamides is 1. The average molecular weight is 327 g/mol. The molecule has 1 atom stereocenters. The minimum absolute atomic E-state index is 0.114. The van der Waals surface area contributed by atoms with E-state index in [1.165, 1.54) is 13.1 Å². The Balaban J connectivity index is 2.04. The van der Waals surface area contributed by atoms with Crippen LogP contribution in [0, 0.1) is 0 Å². The number of aliphatic hydroxyl groups excluding tert-OH is 1. The SMILES string of the molecule is CNS(=O)(=O)c1ccccc1CNC(=O)N1CCC[C@@H](O)C1. The molecule has 8 heteroatoms. The van der Waals surface area contributed by atoms with Gasteiger partial charge in [0.05, 0.1) is 11.0 Å². The number of carbonyl (C=O) groups excluding carboxylic acids is 1. The molecular weight excluding hydrogens is 306 g/mol. The number of benzene rings is 1. The van der Waals surface area contributed by atoms with Crippen molar-refractivity contribution in [2.45, 2.75) is 30.4 Å². The summed E-state index contributed by atoms with van der Waals surface area (Å²) in [6.45, 7) is 1.02. The summed E-state index contributed by atoms with van der Waals surface area (Å²) in [7, 11) is -2.22. The molecule has 3 N–H and O–H groups in total. The van der Waals surface area contributed by atoms with Crippen molar-refractivity contribution in [2.24, 2.45) is 0 Å². The maximum absolute atomic E-state index is 12.1. The Hall–Kier alpha value is -1.64. The van der Waals surface area contributed by atoms with Crippen LogP contribution < -0.4 is 10.0 Å². The molecule has 1 aliphatic heterocycles. The minimum atomic E-state index is -3.57. The number of β-amino-alcohol motifs (C(OH)–C–C–N with tert-alkyl or cyclic N) is 1. The van der Waals surface area contributed by atoms with E-state index in [4.69, 9.17) is 0 Å². The highest BCUT2D eigenvalue weighted by Gasteiger charge is 2.22. The predicted molar refractivity (Wildman–Crippen MR) is 81.7 cm³/mol. The van der Waals surface area contributed by atoms with Gasteiger partial charge in [-0.05, 0) is 31.5 Å². The number of rotatable bonds is 4. The second-order valence-corrected chi connectivity index (χ2v) is 7.07. The van der Waals surface area contributed by atoms with E-state index < -0.39 is 16.1 Å². The lowest BCUT2D eigenvalue weighted by molar-refractivity contribution is 0.0841. The Bertz CT molecular complexity index is 633. The van der Waals surface area contributed by atoms with E-state index in [0.29, 0.717) is 25.1 Å². The fourth-order valence-corrected chi connectivity index (χ4v) is 3.41. The van der Waals surface area contributed by atoms with E-state index >= 15 is 0 Å². The van der Waals surface area contributed by atoms with Crippen LogP contribution in [0.2, 0.25) is 0 Å². The number of hydrogen-bond acceptors (Lipinski definition) is 4. The fourth-order valence-electron chi connectivity index (χ4n) is 2.44. The van der Waals surface area contributed by atoms with Crippen molar-refractivity contribution < 1.29 is 18.3 Å². The van der Waals surface area contributed by atoms with Crippen molar-refractivity contribution >= 4 is 16.1 Å².